The second-order valence-electron chi connectivity index (χ2n) is 6.81. The van der Waals surface area contributed by atoms with Crippen LogP contribution in [0.5, 0.6) is 0 Å². The standard InChI is InChI=1S/C20H32N2O3/c23-15-19(17-25-16-18-9-5-4-6-10-18)21-20(24)11-14-22-12-7-2-1-3-8-13-22/h4-6,9-10,19,23H,1-3,7-8,11-17H2,(H,21,24)/t19-/m1/s1. The third-order valence-electron chi connectivity index (χ3n) is 4.62. The lowest BCUT2D eigenvalue weighted by molar-refractivity contribution is -0.123. The summed E-state index contributed by atoms with van der Waals surface area (Å²) in [6.07, 6.45) is 6.88. The van der Waals surface area contributed by atoms with Crippen LogP contribution < -0.4 is 5.32 Å². The molecule has 0 unspecified atom stereocenters. The summed E-state index contributed by atoms with van der Waals surface area (Å²) in [6, 6.07) is 9.55. The molecular weight excluding hydrogens is 316 g/mol. The van der Waals surface area contributed by atoms with E-state index in [1.165, 1.54) is 32.1 Å². The van der Waals surface area contributed by atoms with Gasteiger partial charge in [-0.2, -0.15) is 0 Å². The molecule has 25 heavy (non-hydrogen) atoms. The Kier molecular flexibility index (Phi) is 9.55. The van der Waals surface area contributed by atoms with Gasteiger partial charge in [-0.25, -0.2) is 0 Å². The van der Waals surface area contributed by atoms with Crippen LogP contribution in [0.25, 0.3) is 0 Å². The topological polar surface area (TPSA) is 61.8 Å². The molecule has 0 saturated carbocycles. The molecule has 2 rings (SSSR count). The largest absolute Gasteiger partial charge is 0.394 e. The zero-order valence-corrected chi connectivity index (χ0v) is 15.2. The molecule has 1 amide bonds. The van der Waals surface area contributed by atoms with E-state index in [0.717, 1.165) is 25.2 Å². The summed E-state index contributed by atoms with van der Waals surface area (Å²) in [4.78, 5) is 14.5. The molecule has 0 bridgehead atoms. The van der Waals surface area contributed by atoms with E-state index in [2.05, 4.69) is 10.2 Å². The average Bonchev–Trinajstić information content (AvgIpc) is 2.61. The minimum Gasteiger partial charge on any atom is -0.394 e. The molecule has 1 saturated heterocycles. The van der Waals surface area contributed by atoms with Gasteiger partial charge in [0.05, 0.1) is 25.9 Å². The summed E-state index contributed by atoms with van der Waals surface area (Å²) in [5.74, 6) is -0.00980. The Bertz CT molecular complexity index is 473. The number of ether oxygens (including phenoxy) is 1. The number of aliphatic hydroxyl groups excluding tert-OH is 1. The zero-order chi connectivity index (χ0) is 17.7. The predicted molar refractivity (Wildman–Crippen MR) is 99.3 cm³/mol. The fourth-order valence-electron chi connectivity index (χ4n) is 3.13. The van der Waals surface area contributed by atoms with Crippen molar-refractivity contribution in [2.45, 2.75) is 51.2 Å². The molecule has 1 aromatic carbocycles. The van der Waals surface area contributed by atoms with E-state index >= 15 is 0 Å². The predicted octanol–water partition coefficient (Wildman–Crippen LogP) is 2.34. The number of nitrogens with one attached hydrogen (secondary N) is 1. The van der Waals surface area contributed by atoms with Gasteiger partial charge in [0.2, 0.25) is 5.91 Å². The van der Waals surface area contributed by atoms with Gasteiger partial charge >= 0.3 is 0 Å². The van der Waals surface area contributed by atoms with E-state index in [1.807, 2.05) is 30.3 Å². The normalized spacial score (nSPS) is 17.5. The van der Waals surface area contributed by atoms with Gasteiger partial charge in [-0.3, -0.25) is 4.79 Å². The molecule has 1 aliphatic heterocycles. The Hall–Kier alpha value is -1.43. The number of nitrogens with zero attached hydrogens (tertiary/aromatic N) is 1. The molecule has 140 valence electrons. The Morgan fingerprint density at radius 1 is 1.12 bits per heavy atom. The number of carbonyl (C=O) groups is 1. The summed E-state index contributed by atoms with van der Waals surface area (Å²) in [5.41, 5.74) is 1.09. The summed E-state index contributed by atoms with van der Waals surface area (Å²) in [6.45, 7) is 3.69. The second-order valence-corrected chi connectivity index (χ2v) is 6.81. The third kappa shape index (κ3) is 8.47. The van der Waals surface area contributed by atoms with Crippen molar-refractivity contribution in [3.8, 4) is 0 Å². The first kappa shape index (κ1) is 19.9. The summed E-state index contributed by atoms with van der Waals surface area (Å²) >= 11 is 0. The van der Waals surface area contributed by atoms with E-state index in [1.54, 1.807) is 0 Å². The third-order valence-corrected chi connectivity index (χ3v) is 4.62. The number of benzene rings is 1. The first-order valence-corrected chi connectivity index (χ1v) is 9.52. The maximum absolute atomic E-state index is 12.1. The number of carbonyl (C=O) groups excluding carboxylic acids is 1. The van der Waals surface area contributed by atoms with Crippen molar-refractivity contribution >= 4 is 5.91 Å². The van der Waals surface area contributed by atoms with Crippen molar-refractivity contribution in [1.29, 1.82) is 0 Å². The highest BCUT2D eigenvalue weighted by molar-refractivity contribution is 5.76. The lowest BCUT2D eigenvalue weighted by Gasteiger charge is -2.24. The monoisotopic (exact) mass is 348 g/mol. The smallest absolute Gasteiger partial charge is 0.221 e. The maximum Gasteiger partial charge on any atom is 0.221 e. The van der Waals surface area contributed by atoms with Crippen molar-refractivity contribution in [3.05, 3.63) is 35.9 Å². The molecular formula is C20H32N2O3. The SMILES string of the molecule is O=C(CCN1CCCCCCC1)N[C@H](CO)COCc1ccccc1. The van der Waals surface area contributed by atoms with E-state index in [9.17, 15) is 9.90 Å². The molecule has 5 nitrogen and oxygen atoms in total. The maximum atomic E-state index is 12.1. The van der Waals surface area contributed by atoms with Crippen molar-refractivity contribution in [3.63, 3.8) is 0 Å². The first-order valence-electron chi connectivity index (χ1n) is 9.52. The minimum atomic E-state index is -0.344. The lowest BCUT2D eigenvalue weighted by Crippen LogP contribution is -2.42. The molecule has 5 heteroatoms. The van der Waals surface area contributed by atoms with Gasteiger partial charge < -0.3 is 20.1 Å². The van der Waals surface area contributed by atoms with Crippen LogP contribution in [0.4, 0.5) is 0 Å². The molecule has 1 atom stereocenters. The van der Waals surface area contributed by atoms with Gasteiger partial charge in [-0.05, 0) is 31.5 Å². The van der Waals surface area contributed by atoms with Gasteiger partial charge in [0.1, 0.15) is 0 Å². The van der Waals surface area contributed by atoms with Crippen LogP contribution in [0.15, 0.2) is 30.3 Å². The number of hydrogen-bond acceptors (Lipinski definition) is 4. The van der Waals surface area contributed by atoms with Crippen LogP contribution >= 0.6 is 0 Å². The Labute approximate surface area is 151 Å². The van der Waals surface area contributed by atoms with Gasteiger partial charge in [-0.1, -0.05) is 49.6 Å². The highest BCUT2D eigenvalue weighted by Gasteiger charge is 2.14. The average molecular weight is 348 g/mol. The van der Waals surface area contributed by atoms with Crippen LogP contribution in [0.1, 0.15) is 44.1 Å². The summed E-state index contributed by atoms with van der Waals surface area (Å²) in [7, 11) is 0. The summed E-state index contributed by atoms with van der Waals surface area (Å²) < 4.78 is 5.61. The van der Waals surface area contributed by atoms with Crippen molar-refractivity contribution < 1.29 is 14.6 Å². The van der Waals surface area contributed by atoms with Crippen molar-refractivity contribution in [2.24, 2.45) is 0 Å². The molecule has 0 spiro atoms. The molecule has 1 aromatic rings. The van der Waals surface area contributed by atoms with Crippen molar-refractivity contribution in [2.75, 3.05) is 32.8 Å². The Morgan fingerprint density at radius 3 is 2.48 bits per heavy atom. The molecule has 0 radical (unpaired) electrons. The number of amides is 1. The number of aliphatic hydroxyl groups is 1. The first-order chi connectivity index (χ1) is 12.3. The quantitative estimate of drug-likeness (QED) is 0.719. The zero-order valence-electron chi connectivity index (χ0n) is 15.2. The minimum absolute atomic E-state index is 0.00980. The highest BCUT2D eigenvalue weighted by atomic mass is 16.5. The molecule has 2 N–H and O–H groups in total. The van der Waals surface area contributed by atoms with Gasteiger partial charge in [0, 0.05) is 13.0 Å². The second kappa shape index (κ2) is 12.0. The van der Waals surface area contributed by atoms with Crippen LogP contribution in [-0.2, 0) is 16.1 Å². The lowest BCUT2D eigenvalue weighted by atomic mass is 10.1. The fourth-order valence-corrected chi connectivity index (χ4v) is 3.13. The highest BCUT2D eigenvalue weighted by Crippen LogP contribution is 2.10. The van der Waals surface area contributed by atoms with E-state index < -0.39 is 0 Å². The van der Waals surface area contributed by atoms with E-state index in [0.29, 0.717) is 19.6 Å². The Balaban J connectivity index is 1.62. The van der Waals surface area contributed by atoms with Gasteiger partial charge in [-0.15, -0.1) is 0 Å². The molecule has 1 heterocycles. The van der Waals surface area contributed by atoms with Crippen LogP contribution in [0.3, 0.4) is 0 Å². The van der Waals surface area contributed by atoms with E-state index in [4.69, 9.17) is 4.74 Å². The van der Waals surface area contributed by atoms with Gasteiger partial charge in [0.25, 0.3) is 0 Å². The molecule has 1 fully saturated rings. The van der Waals surface area contributed by atoms with E-state index in [-0.39, 0.29) is 18.6 Å². The summed E-state index contributed by atoms with van der Waals surface area (Å²) in [5, 5.41) is 12.3. The van der Waals surface area contributed by atoms with Gasteiger partial charge in [0.15, 0.2) is 0 Å². The van der Waals surface area contributed by atoms with Crippen LogP contribution in [0, 0.1) is 0 Å². The van der Waals surface area contributed by atoms with Crippen LogP contribution in [0.2, 0.25) is 0 Å². The molecule has 1 aliphatic rings. The van der Waals surface area contributed by atoms with Crippen LogP contribution in [-0.4, -0.2) is 54.8 Å². The fraction of sp³-hybridized carbons (Fsp3) is 0.650. The number of rotatable bonds is 9. The van der Waals surface area contributed by atoms with Crippen molar-refractivity contribution in [1.82, 2.24) is 10.2 Å². The molecule has 0 aliphatic carbocycles. The number of likely N-dealkylation sites (tertiary alicyclic amines) is 1. The Morgan fingerprint density at radius 2 is 1.80 bits per heavy atom. The number of hydrogen-bond donors (Lipinski definition) is 2. The molecule has 0 aromatic heterocycles.